The molecule has 0 bridgehead atoms. The maximum atomic E-state index is 13.8. The Labute approximate surface area is 223 Å². The zero-order chi connectivity index (χ0) is 27.2. The molecule has 0 unspecified atom stereocenters. The number of fused-ring (bicyclic) bond motifs is 1. The standard InChI is InChI=1S/C26H34ClN3O6S/c1-5-22(26(32)28-14-18(3)4)29(15-19-7-9-20(27)10-8-19)25(31)16-30(37(33,34)6-2)21-11-12-23-24(13-21)36-17-35-23/h7-13,18,22H,5-6,14-17H2,1-4H3,(H,28,32)/t22-/m0/s1. The molecule has 9 nitrogen and oxygen atoms in total. The van der Waals surface area contributed by atoms with E-state index in [1.807, 2.05) is 20.8 Å². The molecule has 0 fully saturated rings. The highest BCUT2D eigenvalue weighted by atomic mass is 35.5. The van der Waals surface area contributed by atoms with Crippen LogP contribution in [0.3, 0.4) is 0 Å². The van der Waals surface area contributed by atoms with E-state index >= 15 is 0 Å². The van der Waals surface area contributed by atoms with Crippen molar-refractivity contribution in [2.45, 2.75) is 46.7 Å². The van der Waals surface area contributed by atoms with Crippen molar-refractivity contribution in [3.8, 4) is 11.5 Å². The highest BCUT2D eigenvalue weighted by Gasteiger charge is 2.33. The van der Waals surface area contributed by atoms with Crippen LogP contribution in [-0.2, 0) is 26.2 Å². The van der Waals surface area contributed by atoms with Gasteiger partial charge in [0.2, 0.25) is 28.6 Å². The minimum absolute atomic E-state index is 0.0385. The van der Waals surface area contributed by atoms with Crippen LogP contribution in [0.15, 0.2) is 42.5 Å². The molecule has 3 rings (SSSR count). The minimum Gasteiger partial charge on any atom is -0.454 e. The number of carbonyl (C=O) groups is 2. The van der Waals surface area contributed by atoms with Gasteiger partial charge in [-0.3, -0.25) is 13.9 Å². The second-order valence-corrected chi connectivity index (χ2v) is 11.8. The first-order valence-corrected chi connectivity index (χ1v) is 14.3. The van der Waals surface area contributed by atoms with Crippen LogP contribution in [-0.4, -0.2) is 56.8 Å². The molecule has 0 aliphatic carbocycles. The van der Waals surface area contributed by atoms with Crippen molar-refractivity contribution in [2.75, 3.05) is 29.9 Å². The van der Waals surface area contributed by atoms with Crippen LogP contribution in [0.25, 0.3) is 0 Å². The Morgan fingerprint density at radius 1 is 1.05 bits per heavy atom. The summed E-state index contributed by atoms with van der Waals surface area (Å²) in [6.07, 6.45) is 0.355. The topological polar surface area (TPSA) is 105 Å². The largest absolute Gasteiger partial charge is 0.454 e. The molecule has 202 valence electrons. The molecule has 0 saturated heterocycles. The normalized spacial score (nSPS) is 13.4. The van der Waals surface area contributed by atoms with Crippen molar-refractivity contribution < 1.29 is 27.5 Å². The van der Waals surface area contributed by atoms with Crippen LogP contribution in [0.4, 0.5) is 5.69 Å². The summed E-state index contributed by atoms with van der Waals surface area (Å²) in [4.78, 5) is 28.3. The molecule has 2 aromatic carbocycles. The van der Waals surface area contributed by atoms with E-state index in [2.05, 4.69) is 5.32 Å². The summed E-state index contributed by atoms with van der Waals surface area (Å²) in [5.41, 5.74) is 1.05. The molecule has 11 heteroatoms. The molecule has 1 N–H and O–H groups in total. The van der Waals surface area contributed by atoms with Crippen LogP contribution in [0, 0.1) is 5.92 Å². The zero-order valence-electron chi connectivity index (χ0n) is 21.6. The van der Waals surface area contributed by atoms with E-state index in [0.717, 1.165) is 9.87 Å². The van der Waals surface area contributed by atoms with Gasteiger partial charge in [-0.25, -0.2) is 8.42 Å². The van der Waals surface area contributed by atoms with Crippen LogP contribution >= 0.6 is 11.6 Å². The van der Waals surface area contributed by atoms with Gasteiger partial charge in [-0.15, -0.1) is 0 Å². The van der Waals surface area contributed by atoms with Gasteiger partial charge in [0.15, 0.2) is 11.5 Å². The van der Waals surface area contributed by atoms with E-state index in [4.69, 9.17) is 21.1 Å². The summed E-state index contributed by atoms with van der Waals surface area (Å²) in [6, 6.07) is 10.9. The average molecular weight is 552 g/mol. The van der Waals surface area contributed by atoms with Crippen molar-refractivity contribution in [2.24, 2.45) is 5.92 Å². The lowest BCUT2D eigenvalue weighted by molar-refractivity contribution is -0.140. The number of sulfonamides is 1. The average Bonchev–Trinajstić information content (AvgIpc) is 3.34. The fourth-order valence-corrected chi connectivity index (χ4v) is 5.07. The SMILES string of the molecule is CC[C@@H](C(=O)NCC(C)C)N(Cc1ccc(Cl)cc1)C(=O)CN(c1ccc2c(c1)OCO2)S(=O)(=O)CC. The molecule has 37 heavy (non-hydrogen) atoms. The third kappa shape index (κ3) is 7.29. The Morgan fingerprint density at radius 3 is 2.35 bits per heavy atom. The summed E-state index contributed by atoms with van der Waals surface area (Å²) >= 11 is 6.03. The second-order valence-electron chi connectivity index (χ2n) is 9.16. The van der Waals surface area contributed by atoms with Crippen molar-refractivity contribution in [1.29, 1.82) is 0 Å². The number of nitrogens with one attached hydrogen (secondary N) is 1. The highest BCUT2D eigenvalue weighted by molar-refractivity contribution is 7.92. The summed E-state index contributed by atoms with van der Waals surface area (Å²) in [5, 5.41) is 3.45. The van der Waals surface area contributed by atoms with Crippen molar-refractivity contribution in [3.05, 3.63) is 53.1 Å². The fourth-order valence-electron chi connectivity index (χ4n) is 3.89. The molecule has 0 aromatic heterocycles. The Balaban J connectivity index is 1.95. The lowest BCUT2D eigenvalue weighted by Gasteiger charge is -2.33. The van der Waals surface area contributed by atoms with Gasteiger partial charge >= 0.3 is 0 Å². The molecule has 1 aliphatic heterocycles. The summed E-state index contributed by atoms with van der Waals surface area (Å²) in [5.74, 6) is 0.138. The predicted molar refractivity (Wildman–Crippen MR) is 143 cm³/mol. The number of ether oxygens (including phenoxy) is 2. The van der Waals surface area contributed by atoms with Gasteiger partial charge in [-0.2, -0.15) is 0 Å². The van der Waals surface area contributed by atoms with Gasteiger partial charge < -0.3 is 19.7 Å². The van der Waals surface area contributed by atoms with Gasteiger partial charge in [-0.1, -0.05) is 44.5 Å². The Kier molecular flexibility index (Phi) is 9.67. The zero-order valence-corrected chi connectivity index (χ0v) is 23.1. The Hall–Kier alpha value is -2.98. The number of hydrogen-bond donors (Lipinski definition) is 1. The number of hydrogen-bond acceptors (Lipinski definition) is 6. The van der Waals surface area contributed by atoms with Crippen LogP contribution in [0.1, 0.15) is 39.7 Å². The van der Waals surface area contributed by atoms with E-state index < -0.39 is 28.5 Å². The summed E-state index contributed by atoms with van der Waals surface area (Å²) < 4.78 is 38.0. The first kappa shape index (κ1) is 28.6. The van der Waals surface area contributed by atoms with Crippen LogP contribution < -0.4 is 19.1 Å². The first-order valence-electron chi connectivity index (χ1n) is 12.3. The fraction of sp³-hybridized carbons (Fsp3) is 0.462. The first-order chi connectivity index (χ1) is 17.6. The number of rotatable bonds is 12. The number of anilines is 1. The molecular formula is C26H34ClN3O6S. The highest BCUT2D eigenvalue weighted by Crippen LogP contribution is 2.36. The predicted octanol–water partition coefficient (Wildman–Crippen LogP) is 3.80. The molecule has 1 atom stereocenters. The van der Waals surface area contributed by atoms with E-state index in [0.29, 0.717) is 29.5 Å². The molecular weight excluding hydrogens is 518 g/mol. The van der Waals surface area contributed by atoms with Gasteiger partial charge in [0.1, 0.15) is 12.6 Å². The van der Waals surface area contributed by atoms with E-state index in [1.54, 1.807) is 42.5 Å². The third-order valence-electron chi connectivity index (χ3n) is 5.96. The number of nitrogens with zero attached hydrogens (tertiary/aromatic N) is 2. The Morgan fingerprint density at radius 2 is 1.73 bits per heavy atom. The molecule has 0 saturated carbocycles. The third-order valence-corrected chi connectivity index (χ3v) is 7.95. The van der Waals surface area contributed by atoms with E-state index in [-0.39, 0.29) is 36.6 Å². The molecule has 1 heterocycles. The molecule has 1 aliphatic rings. The lowest BCUT2D eigenvalue weighted by atomic mass is 10.1. The molecule has 2 amide bonds. The summed E-state index contributed by atoms with van der Waals surface area (Å²) in [7, 11) is -3.84. The van der Waals surface area contributed by atoms with E-state index in [9.17, 15) is 18.0 Å². The minimum atomic E-state index is -3.84. The maximum Gasteiger partial charge on any atom is 0.244 e. The number of carbonyl (C=O) groups excluding carboxylic acids is 2. The number of halogens is 1. The van der Waals surface area contributed by atoms with Crippen molar-refractivity contribution in [1.82, 2.24) is 10.2 Å². The molecule has 0 spiro atoms. The monoisotopic (exact) mass is 551 g/mol. The van der Waals surface area contributed by atoms with Gasteiger partial charge in [0.25, 0.3) is 0 Å². The number of benzene rings is 2. The number of amides is 2. The van der Waals surface area contributed by atoms with Crippen LogP contribution in [0.2, 0.25) is 5.02 Å². The smallest absolute Gasteiger partial charge is 0.244 e. The van der Waals surface area contributed by atoms with Gasteiger partial charge in [0.05, 0.1) is 11.4 Å². The van der Waals surface area contributed by atoms with Crippen molar-refractivity contribution >= 4 is 39.1 Å². The lowest BCUT2D eigenvalue weighted by Crippen LogP contribution is -2.52. The quantitative estimate of drug-likeness (QED) is 0.430. The van der Waals surface area contributed by atoms with E-state index in [1.165, 1.54) is 11.8 Å². The Bertz CT molecular complexity index is 1200. The van der Waals surface area contributed by atoms with Gasteiger partial charge in [0, 0.05) is 24.2 Å². The van der Waals surface area contributed by atoms with Crippen LogP contribution in [0.5, 0.6) is 11.5 Å². The maximum absolute atomic E-state index is 13.8. The second kappa shape index (κ2) is 12.5. The van der Waals surface area contributed by atoms with Gasteiger partial charge in [-0.05, 0) is 49.1 Å². The molecule has 2 aromatic rings. The molecule has 0 radical (unpaired) electrons. The van der Waals surface area contributed by atoms with Crippen molar-refractivity contribution in [3.63, 3.8) is 0 Å². The summed E-state index contributed by atoms with van der Waals surface area (Å²) in [6.45, 7) is 7.44.